The molecular formula is C16H23N5O2S. The van der Waals surface area contributed by atoms with Crippen LogP contribution in [0.2, 0.25) is 0 Å². The Morgan fingerprint density at radius 3 is 2.71 bits per heavy atom. The van der Waals surface area contributed by atoms with E-state index in [1.54, 1.807) is 37.0 Å². The van der Waals surface area contributed by atoms with E-state index in [4.69, 9.17) is 0 Å². The number of pyridine rings is 1. The molecule has 2 aliphatic heterocycles. The van der Waals surface area contributed by atoms with Gasteiger partial charge in [-0.25, -0.2) is 4.79 Å². The average molecular weight is 349 g/mol. The van der Waals surface area contributed by atoms with Gasteiger partial charge in [0.2, 0.25) is 5.91 Å². The number of urea groups is 1. The molecule has 2 aliphatic rings. The highest BCUT2D eigenvalue weighted by molar-refractivity contribution is 7.99. The van der Waals surface area contributed by atoms with Gasteiger partial charge in [-0.3, -0.25) is 25.3 Å². The van der Waals surface area contributed by atoms with Crippen LogP contribution in [0, 0.1) is 5.92 Å². The lowest BCUT2D eigenvalue weighted by atomic mass is 9.97. The van der Waals surface area contributed by atoms with E-state index < -0.39 is 0 Å². The van der Waals surface area contributed by atoms with Crippen LogP contribution in [-0.4, -0.2) is 58.5 Å². The summed E-state index contributed by atoms with van der Waals surface area (Å²) in [5, 5.41) is 6.80. The number of nitrogens with zero attached hydrogens (tertiary/aromatic N) is 3. The third-order valence-electron chi connectivity index (χ3n) is 4.57. The van der Waals surface area contributed by atoms with Crippen LogP contribution in [0.5, 0.6) is 0 Å². The van der Waals surface area contributed by atoms with Gasteiger partial charge >= 0.3 is 6.03 Å². The monoisotopic (exact) mass is 349 g/mol. The van der Waals surface area contributed by atoms with Gasteiger partial charge in [-0.2, -0.15) is 0 Å². The maximum Gasteiger partial charge on any atom is 0.327 e. The summed E-state index contributed by atoms with van der Waals surface area (Å²) < 4.78 is 0. The molecule has 0 aliphatic carbocycles. The third kappa shape index (κ3) is 3.13. The van der Waals surface area contributed by atoms with Crippen LogP contribution in [0.3, 0.4) is 0 Å². The molecule has 7 nitrogen and oxygen atoms in total. The van der Waals surface area contributed by atoms with Crippen LogP contribution in [-0.2, 0) is 10.5 Å². The molecule has 0 bridgehead atoms. The molecule has 2 fully saturated rings. The van der Waals surface area contributed by atoms with Gasteiger partial charge in [0.1, 0.15) is 0 Å². The molecule has 4 unspecified atom stereocenters. The van der Waals surface area contributed by atoms with Gasteiger partial charge in [-0.05, 0) is 18.6 Å². The van der Waals surface area contributed by atoms with Crippen molar-refractivity contribution in [2.75, 3.05) is 14.1 Å². The van der Waals surface area contributed by atoms with Gasteiger partial charge in [0.05, 0.1) is 29.3 Å². The van der Waals surface area contributed by atoms with Gasteiger partial charge < -0.3 is 4.90 Å². The Morgan fingerprint density at radius 1 is 1.25 bits per heavy atom. The zero-order valence-corrected chi connectivity index (χ0v) is 14.9. The second-order valence-electron chi connectivity index (χ2n) is 6.11. The first-order valence-corrected chi connectivity index (χ1v) is 9.15. The predicted octanol–water partition coefficient (Wildman–Crippen LogP) is 1.04. The number of aromatic nitrogens is 1. The van der Waals surface area contributed by atoms with Gasteiger partial charge in [0.15, 0.2) is 0 Å². The van der Waals surface area contributed by atoms with Crippen LogP contribution in [0.1, 0.15) is 19.0 Å². The third-order valence-corrected chi connectivity index (χ3v) is 5.82. The summed E-state index contributed by atoms with van der Waals surface area (Å²) in [5.41, 5.74) is 0.980. The molecule has 3 rings (SSSR count). The van der Waals surface area contributed by atoms with Crippen LogP contribution < -0.4 is 10.6 Å². The number of rotatable bonds is 4. The van der Waals surface area contributed by atoms with Gasteiger partial charge in [0, 0.05) is 26.0 Å². The minimum atomic E-state index is -0.325. The average Bonchev–Trinajstić information content (AvgIpc) is 2.62. The molecule has 3 amide bonds. The topological polar surface area (TPSA) is 77.6 Å². The molecule has 0 saturated carbocycles. The van der Waals surface area contributed by atoms with Crippen molar-refractivity contribution in [1.82, 2.24) is 25.4 Å². The molecule has 0 aromatic carbocycles. The van der Waals surface area contributed by atoms with Crippen molar-refractivity contribution in [3.05, 3.63) is 30.1 Å². The number of amides is 3. The molecule has 3 heterocycles. The molecule has 2 saturated heterocycles. The van der Waals surface area contributed by atoms with Crippen LogP contribution in [0.4, 0.5) is 4.79 Å². The van der Waals surface area contributed by atoms with Crippen molar-refractivity contribution in [2.45, 2.75) is 36.8 Å². The fourth-order valence-corrected chi connectivity index (χ4v) is 4.42. The van der Waals surface area contributed by atoms with E-state index in [1.165, 1.54) is 4.90 Å². The molecule has 24 heavy (non-hydrogen) atoms. The Bertz CT molecular complexity index is 614. The molecule has 0 spiro atoms. The number of thioether (sulfide) groups is 1. The summed E-state index contributed by atoms with van der Waals surface area (Å²) in [6.07, 6.45) is 2.43. The summed E-state index contributed by atoms with van der Waals surface area (Å²) in [5.74, 6) is 0.248. The van der Waals surface area contributed by atoms with Crippen molar-refractivity contribution >= 4 is 23.7 Å². The first kappa shape index (κ1) is 17.2. The summed E-state index contributed by atoms with van der Waals surface area (Å²) in [4.78, 5) is 32.1. The van der Waals surface area contributed by atoms with Crippen molar-refractivity contribution in [3.63, 3.8) is 0 Å². The smallest absolute Gasteiger partial charge is 0.311 e. The van der Waals surface area contributed by atoms with Gasteiger partial charge in [0.25, 0.3) is 0 Å². The van der Waals surface area contributed by atoms with E-state index in [0.717, 1.165) is 12.1 Å². The number of imide groups is 1. The van der Waals surface area contributed by atoms with E-state index in [1.807, 2.05) is 18.2 Å². The highest BCUT2D eigenvalue weighted by atomic mass is 32.2. The molecule has 8 heteroatoms. The largest absolute Gasteiger partial charge is 0.327 e. The van der Waals surface area contributed by atoms with Crippen molar-refractivity contribution in [2.24, 2.45) is 5.92 Å². The number of carbonyl (C=O) groups is 2. The minimum absolute atomic E-state index is 0.0685. The number of fused-ring (bicyclic) bond motifs is 1. The number of hydrogen-bond donors (Lipinski definition) is 2. The Balaban J connectivity index is 1.80. The van der Waals surface area contributed by atoms with Crippen molar-refractivity contribution < 1.29 is 9.59 Å². The highest BCUT2D eigenvalue weighted by Crippen LogP contribution is 2.32. The lowest BCUT2D eigenvalue weighted by molar-refractivity contribution is -0.140. The van der Waals surface area contributed by atoms with Gasteiger partial charge in [-0.1, -0.05) is 13.0 Å². The summed E-state index contributed by atoms with van der Waals surface area (Å²) in [6.45, 7) is 2.07. The lowest BCUT2D eigenvalue weighted by Crippen LogP contribution is -2.74. The number of nitrogens with one attached hydrogen (secondary N) is 2. The fraction of sp³-hybridized carbons (Fsp3) is 0.562. The van der Waals surface area contributed by atoms with Crippen molar-refractivity contribution in [1.29, 1.82) is 0 Å². The Kier molecular flexibility index (Phi) is 5.07. The highest BCUT2D eigenvalue weighted by Gasteiger charge is 2.50. The van der Waals surface area contributed by atoms with E-state index in [0.29, 0.717) is 5.75 Å². The maximum atomic E-state index is 12.7. The maximum absolute atomic E-state index is 12.7. The minimum Gasteiger partial charge on any atom is -0.311 e. The Morgan fingerprint density at radius 2 is 2.04 bits per heavy atom. The Labute approximate surface area is 146 Å². The second-order valence-corrected chi connectivity index (χ2v) is 7.24. The van der Waals surface area contributed by atoms with Crippen LogP contribution in [0.25, 0.3) is 0 Å². The van der Waals surface area contributed by atoms with Crippen LogP contribution >= 0.6 is 11.8 Å². The summed E-state index contributed by atoms with van der Waals surface area (Å²) in [6, 6.07) is 5.56. The zero-order valence-electron chi connectivity index (χ0n) is 14.1. The molecule has 0 radical (unpaired) electrons. The number of carbonyl (C=O) groups excluding carboxylic acids is 2. The van der Waals surface area contributed by atoms with E-state index in [9.17, 15) is 9.59 Å². The first-order chi connectivity index (χ1) is 11.5. The quantitative estimate of drug-likeness (QED) is 0.846. The zero-order chi connectivity index (χ0) is 17.3. The molecule has 4 atom stereocenters. The SMILES string of the molecule is CCC1NC(SCc2ccccn2)C2C(=O)N(C)C(=O)N(C)C2N1. The van der Waals surface area contributed by atoms with Gasteiger partial charge in [-0.15, -0.1) is 11.8 Å². The fourth-order valence-electron chi connectivity index (χ4n) is 3.16. The molecule has 2 N–H and O–H groups in total. The standard InChI is InChI=1S/C16H23N5O2S/c1-4-11-18-13-12(15(22)21(3)16(23)20(13)2)14(19-11)24-9-10-7-5-6-8-17-10/h5-8,11-14,18-19H,4,9H2,1-3H3. The normalized spacial score (nSPS) is 30.5. The van der Waals surface area contributed by atoms with Crippen molar-refractivity contribution in [3.8, 4) is 0 Å². The van der Waals surface area contributed by atoms with E-state index >= 15 is 0 Å². The summed E-state index contributed by atoms with van der Waals surface area (Å²) >= 11 is 1.67. The second kappa shape index (κ2) is 7.08. The first-order valence-electron chi connectivity index (χ1n) is 8.11. The molecular weight excluding hydrogens is 326 g/mol. The number of hydrogen-bond acceptors (Lipinski definition) is 6. The Hall–Kier alpha value is -1.64. The molecule has 1 aromatic heterocycles. The van der Waals surface area contributed by atoms with E-state index in [-0.39, 0.29) is 35.6 Å². The predicted molar refractivity (Wildman–Crippen MR) is 92.9 cm³/mol. The van der Waals surface area contributed by atoms with E-state index in [2.05, 4.69) is 22.5 Å². The van der Waals surface area contributed by atoms with Crippen LogP contribution in [0.15, 0.2) is 24.4 Å². The molecule has 130 valence electrons. The summed E-state index contributed by atoms with van der Waals surface area (Å²) in [7, 11) is 3.29. The molecule has 1 aromatic rings. The lowest BCUT2D eigenvalue weighted by Gasteiger charge is -2.50.